The minimum Gasteiger partial charge on any atom is -0.496 e. The minimum absolute atomic E-state index is 0.0227. The molecule has 0 unspecified atom stereocenters. The van der Waals surface area contributed by atoms with E-state index >= 15 is 0 Å². The van der Waals surface area contributed by atoms with E-state index in [1.165, 1.54) is 0 Å². The fourth-order valence-corrected chi connectivity index (χ4v) is 1.64. The summed E-state index contributed by atoms with van der Waals surface area (Å²) in [7, 11) is 4.78. The van der Waals surface area contributed by atoms with Gasteiger partial charge in [-0.15, -0.1) is 0 Å². The smallest absolute Gasteiger partial charge is 0.133 e. The number of aliphatic hydroxyl groups is 1. The largest absolute Gasteiger partial charge is 0.496 e. The van der Waals surface area contributed by atoms with Crippen LogP contribution in [0.4, 0.5) is 0 Å². The van der Waals surface area contributed by atoms with E-state index in [0.29, 0.717) is 17.2 Å². The van der Waals surface area contributed by atoms with Gasteiger partial charge in [0, 0.05) is 12.1 Å². The average Bonchev–Trinajstić information content (AvgIpc) is 2.43. The number of hydrogen-bond acceptors (Lipinski definition) is 4. The Hall–Kier alpha value is -1.68. The molecule has 4 nitrogen and oxygen atoms in total. The maximum atomic E-state index is 9.24. The second-order valence-corrected chi connectivity index (χ2v) is 3.76. The molecule has 0 atom stereocenters. The van der Waals surface area contributed by atoms with E-state index in [9.17, 15) is 5.11 Å². The number of methoxy groups -OCH3 is 3. The third kappa shape index (κ3) is 3.17. The molecule has 0 radical (unpaired) electrons. The molecule has 100 valence electrons. The van der Waals surface area contributed by atoms with Gasteiger partial charge in [-0.1, -0.05) is 6.92 Å². The van der Waals surface area contributed by atoms with Gasteiger partial charge in [0.2, 0.25) is 0 Å². The van der Waals surface area contributed by atoms with Crippen LogP contribution in [-0.4, -0.2) is 33.0 Å². The Labute approximate surface area is 108 Å². The van der Waals surface area contributed by atoms with Crippen molar-refractivity contribution in [2.75, 3.05) is 27.9 Å². The first-order valence-corrected chi connectivity index (χ1v) is 5.80. The predicted octanol–water partition coefficient (Wildman–Crippen LogP) is 2.50. The highest BCUT2D eigenvalue weighted by atomic mass is 16.5. The van der Waals surface area contributed by atoms with Crippen molar-refractivity contribution in [2.24, 2.45) is 0 Å². The third-order valence-electron chi connectivity index (χ3n) is 2.76. The lowest BCUT2D eigenvalue weighted by Gasteiger charge is -2.13. The highest BCUT2D eigenvalue weighted by Gasteiger charge is 2.11. The lowest BCUT2D eigenvalue weighted by Crippen LogP contribution is -1.96. The van der Waals surface area contributed by atoms with Crippen molar-refractivity contribution >= 4 is 6.08 Å². The van der Waals surface area contributed by atoms with Gasteiger partial charge < -0.3 is 19.3 Å². The Morgan fingerprint density at radius 2 is 1.67 bits per heavy atom. The van der Waals surface area contributed by atoms with Gasteiger partial charge in [-0.25, -0.2) is 0 Å². The quantitative estimate of drug-likeness (QED) is 0.845. The third-order valence-corrected chi connectivity index (χ3v) is 2.76. The van der Waals surface area contributed by atoms with Crippen LogP contribution in [0.25, 0.3) is 6.08 Å². The van der Waals surface area contributed by atoms with Crippen molar-refractivity contribution < 1.29 is 19.3 Å². The number of rotatable bonds is 6. The van der Waals surface area contributed by atoms with Crippen molar-refractivity contribution in [3.8, 4) is 17.2 Å². The molecule has 0 amide bonds. The van der Waals surface area contributed by atoms with E-state index in [1.54, 1.807) is 33.5 Å². The number of hydrogen-bond donors (Lipinski definition) is 1. The average molecular weight is 252 g/mol. The van der Waals surface area contributed by atoms with Crippen LogP contribution in [0.2, 0.25) is 0 Å². The van der Waals surface area contributed by atoms with Gasteiger partial charge >= 0.3 is 0 Å². The molecule has 1 N–H and O–H groups in total. The van der Waals surface area contributed by atoms with Crippen molar-refractivity contribution in [2.45, 2.75) is 13.3 Å². The summed E-state index contributed by atoms with van der Waals surface area (Å²) < 4.78 is 15.8. The fraction of sp³-hybridized carbons (Fsp3) is 0.429. The fourth-order valence-electron chi connectivity index (χ4n) is 1.64. The topological polar surface area (TPSA) is 47.9 Å². The van der Waals surface area contributed by atoms with Crippen molar-refractivity contribution in [3.05, 3.63) is 23.3 Å². The van der Waals surface area contributed by atoms with E-state index in [-0.39, 0.29) is 6.61 Å². The van der Waals surface area contributed by atoms with E-state index in [1.807, 2.05) is 13.0 Å². The Kier molecular flexibility index (Phi) is 5.52. The Morgan fingerprint density at radius 3 is 2.00 bits per heavy atom. The van der Waals surface area contributed by atoms with E-state index in [2.05, 4.69) is 0 Å². The van der Waals surface area contributed by atoms with Gasteiger partial charge in [0.15, 0.2) is 0 Å². The molecule has 4 heteroatoms. The van der Waals surface area contributed by atoms with Gasteiger partial charge in [-0.3, -0.25) is 0 Å². The standard InChI is InChI=1S/C14H20O4/c1-5-10(9-15)6-12-13(17-3)7-11(16-2)8-14(12)18-4/h6-8,15H,5,9H2,1-4H3. The molecule has 0 saturated heterocycles. The minimum atomic E-state index is 0.0227. The van der Waals surface area contributed by atoms with E-state index in [0.717, 1.165) is 17.6 Å². The molecule has 18 heavy (non-hydrogen) atoms. The molecule has 1 aromatic rings. The summed E-state index contributed by atoms with van der Waals surface area (Å²) in [5, 5.41) is 9.24. The van der Waals surface area contributed by atoms with Gasteiger partial charge in [0.25, 0.3) is 0 Å². The summed E-state index contributed by atoms with van der Waals surface area (Å²) in [4.78, 5) is 0. The van der Waals surface area contributed by atoms with Gasteiger partial charge in [0.1, 0.15) is 17.2 Å². The molecule has 0 saturated carbocycles. The van der Waals surface area contributed by atoms with Crippen LogP contribution in [0.3, 0.4) is 0 Å². The molecule has 0 aliphatic heterocycles. The monoisotopic (exact) mass is 252 g/mol. The molecule has 1 aromatic carbocycles. The molecule has 0 aliphatic carbocycles. The molecule has 0 heterocycles. The summed E-state index contributed by atoms with van der Waals surface area (Å²) in [6.07, 6.45) is 2.66. The van der Waals surface area contributed by atoms with Crippen LogP contribution < -0.4 is 14.2 Å². The molecule has 0 spiro atoms. The van der Waals surface area contributed by atoms with Crippen LogP contribution in [0.1, 0.15) is 18.9 Å². The van der Waals surface area contributed by atoms with Crippen molar-refractivity contribution in [3.63, 3.8) is 0 Å². The summed E-state index contributed by atoms with van der Waals surface area (Å²) in [6, 6.07) is 3.58. The SMILES string of the molecule is CCC(=Cc1c(OC)cc(OC)cc1OC)CO. The lowest BCUT2D eigenvalue weighted by atomic mass is 10.1. The second kappa shape index (κ2) is 6.91. The maximum Gasteiger partial charge on any atom is 0.133 e. The first-order valence-electron chi connectivity index (χ1n) is 5.80. The summed E-state index contributed by atoms with van der Waals surface area (Å²) in [5.41, 5.74) is 1.73. The number of aliphatic hydroxyl groups excluding tert-OH is 1. The normalized spacial score (nSPS) is 11.3. The predicted molar refractivity (Wildman–Crippen MR) is 71.5 cm³/mol. The molecule has 0 bridgehead atoms. The Morgan fingerprint density at radius 1 is 1.11 bits per heavy atom. The summed E-state index contributed by atoms with van der Waals surface area (Å²) in [5.74, 6) is 1.99. The van der Waals surface area contributed by atoms with Crippen LogP contribution in [0.15, 0.2) is 17.7 Å². The molecular formula is C14H20O4. The van der Waals surface area contributed by atoms with Gasteiger partial charge in [-0.2, -0.15) is 0 Å². The zero-order valence-electron chi connectivity index (χ0n) is 11.3. The number of benzene rings is 1. The van der Waals surface area contributed by atoms with Crippen LogP contribution in [0, 0.1) is 0 Å². The molecule has 0 fully saturated rings. The molecule has 0 aliphatic rings. The zero-order chi connectivity index (χ0) is 13.5. The Bertz CT molecular complexity index is 393. The van der Waals surface area contributed by atoms with Crippen LogP contribution in [-0.2, 0) is 0 Å². The van der Waals surface area contributed by atoms with Gasteiger partial charge in [0.05, 0.1) is 33.5 Å². The van der Waals surface area contributed by atoms with E-state index < -0.39 is 0 Å². The van der Waals surface area contributed by atoms with Crippen LogP contribution in [0.5, 0.6) is 17.2 Å². The molecule has 0 aromatic heterocycles. The summed E-state index contributed by atoms with van der Waals surface area (Å²) in [6.45, 7) is 2.01. The lowest BCUT2D eigenvalue weighted by molar-refractivity contribution is 0.328. The molecular weight excluding hydrogens is 232 g/mol. The zero-order valence-corrected chi connectivity index (χ0v) is 11.3. The van der Waals surface area contributed by atoms with E-state index in [4.69, 9.17) is 14.2 Å². The van der Waals surface area contributed by atoms with Gasteiger partial charge in [-0.05, 0) is 18.1 Å². The Balaban J connectivity index is 3.35. The first-order chi connectivity index (χ1) is 8.69. The summed E-state index contributed by atoms with van der Waals surface area (Å²) >= 11 is 0. The highest BCUT2D eigenvalue weighted by molar-refractivity contribution is 5.68. The number of ether oxygens (including phenoxy) is 3. The van der Waals surface area contributed by atoms with Crippen molar-refractivity contribution in [1.29, 1.82) is 0 Å². The second-order valence-electron chi connectivity index (χ2n) is 3.76. The van der Waals surface area contributed by atoms with Crippen LogP contribution >= 0.6 is 0 Å². The maximum absolute atomic E-state index is 9.24. The van der Waals surface area contributed by atoms with Crippen molar-refractivity contribution in [1.82, 2.24) is 0 Å². The molecule has 1 rings (SSSR count). The highest BCUT2D eigenvalue weighted by Crippen LogP contribution is 2.35. The first kappa shape index (κ1) is 14.4.